The van der Waals surface area contributed by atoms with Crippen LogP contribution in [0.1, 0.15) is 24.3 Å². The fraction of sp³-hybridized carbons (Fsp3) is 0.333. The fourth-order valence-corrected chi connectivity index (χ4v) is 5.30. The number of nitrogens with zero attached hydrogens (tertiary/aromatic N) is 3. The first kappa shape index (κ1) is 22.5. The van der Waals surface area contributed by atoms with E-state index >= 15 is 0 Å². The molecular weight excluding hydrogens is 431 g/mol. The highest BCUT2D eigenvalue weighted by molar-refractivity contribution is 5.89. The number of fused-ring (bicyclic) bond motifs is 1. The largest absolute Gasteiger partial charge is 0.395 e. The molecule has 3 aromatic rings. The van der Waals surface area contributed by atoms with Crippen molar-refractivity contribution in [1.82, 2.24) is 14.8 Å². The minimum absolute atomic E-state index is 0.0527. The molecular formula is C27H29FN4O2. The van der Waals surface area contributed by atoms with Gasteiger partial charge in [0.15, 0.2) is 0 Å². The lowest BCUT2D eigenvalue weighted by Crippen LogP contribution is -2.68. The molecule has 34 heavy (non-hydrogen) atoms. The van der Waals surface area contributed by atoms with Gasteiger partial charge in [0, 0.05) is 49.2 Å². The summed E-state index contributed by atoms with van der Waals surface area (Å²) in [4.78, 5) is 21.3. The van der Waals surface area contributed by atoms with Crippen molar-refractivity contribution in [3.8, 4) is 11.1 Å². The molecule has 2 N–H and O–H groups in total. The number of hydrogen-bond donors (Lipinski definition) is 2. The number of benzene rings is 2. The van der Waals surface area contributed by atoms with E-state index in [2.05, 4.69) is 39.5 Å². The Morgan fingerprint density at radius 3 is 2.35 bits per heavy atom. The highest BCUT2D eigenvalue weighted by Crippen LogP contribution is 2.42. The van der Waals surface area contributed by atoms with Gasteiger partial charge in [0.2, 0.25) is 0 Å². The number of urea groups is 1. The summed E-state index contributed by atoms with van der Waals surface area (Å²) in [5.74, 6) is -0.182. The van der Waals surface area contributed by atoms with Crippen LogP contribution >= 0.6 is 0 Å². The Morgan fingerprint density at radius 2 is 1.65 bits per heavy atom. The normalized spacial score (nSPS) is 22.8. The lowest BCUT2D eigenvalue weighted by atomic mass is 9.74. The minimum atomic E-state index is -0.331. The summed E-state index contributed by atoms with van der Waals surface area (Å²) in [5, 5.41) is 13.1. The average molecular weight is 461 g/mol. The Hall–Kier alpha value is -3.29. The molecule has 2 aromatic carbocycles. The number of aliphatic hydroxyl groups is 1. The van der Waals surface area contributed by atoms with E-state index in [0.29, 0.717) is 18.8 Å². The van der Waals surface area contributed by atoms with Crippen molar-refractivity contribution in [1.29, 1.82) is 0 Å². The van der Waals surface area contributed by atoms with Gasteiger partial charge in [-0.1, -0.05) is 24.3 Å². The molecule has 0 spiro atoms. The van der Waals surface area contributed by atoms with Crippen molar-refractivity contribution in [2.24, 2.45) is 0 Å². The maximum Gasteiger partial charge on any atom is 0.321 e. The van der Waals surface area contributed by atoms with Crippen LogP contribution in [0.5, 0.6) is 0 Å². The smallest absolute Gasteiger partial charge is 0.321 e. The van der Waals surface area contributed by atoms with E-state index in [-0.39, 0.29) is 36.5 Å². The minimum Gasteiger partial charge on any atom is -0.395 e. The summed E-state index contributed by atoms with van der Waals surface area (Å²) in [6.45, 7) is 2.28. The van der Waals surface area contributed by atoms with Crippen LogP contribution < -0.4 is 5.32 Å². The highest BCUT2D eigenvalue weighted by atomic mass is 19.1. The summed E-state index contributed by atoms with van der Waals surface area (Å²) in [6, 6.07) is 18.3. The maximum absolute atomic E-state index is 13.2. The molecule has 0 aliphatic carbocycles. The molecule has 2 aliphatic rings. The monoisotopic (exact) mass is 460 g/mol. The third kappa shape index (κ3) is 4.54. The SMILES string of the molecule is O=C(Nc1ccc(F)cc1)N1CCCCN2[C@H](CO)[C@H](c3ccc(-c4ccncc4)cc3)[C@@H]2C1. The number of aromatic nitrogens is 1. The fourth-order valence-electron chi connectivity index (χ4n) is 5.30. The van der Waals surface area contributed by atoms with Gasteiger partial charge in [-0.05, 0) is 72.5 Å². The molecule has 2 fully saturated rings. The Bertz CT molecular complexity index is 1110. The second-order valence-corrected chi connectivity index (χ2v) is 9.03. The molecule has 6 nitrogen and oxygen atoms in total. The summed E-state index contributed by atoms with van der Waals surface area (Å²) < 4.78 is 13.2. The van der Waals surface area contributed by atoms with E-state index in [1.807, 2.05) is 17.0 Å². The number of amides is 2. The number of anilines is 1. The van der Waals surface area contributed by atoms with Gasteiger partial charge in [0.25, 0.3) is 0 Å². The molecule has 0 radical (unpaired) electrons. The molecule has 5 rings (SSSR count). The van der Waals surface area contributed by atoms with Gasteiger partial charge in [0.1, 0.15) is 5.82 Å². The highest BCUT2D eigenvalue weighted by Gasteiger charge is 2.49. The molecule has 0 saturated carbocycles. The van der Waals surface area contributed by atoms with Gasteiger partial charge in [-0.3, -0.25) is 9.88 Å². The van der Waals surface area contributed by atoms with Crippen molar-refractivity contribution in [3.63, 3.8) is 0 Å². The summed E-state index contributed by atoms with van der Waals surface area (Å²) in [6.07, 6.45) is 5.45. The molecule has 3 heterocycles. The molecule has 2 aliphatic heterocycles. The van der Waals surface area contributed by atoms with E-state index in [1.165, 1.54) is 17.7 Å². The second-order valence-electron chi connectivity index (χ2n) is 9.03. The molecule has 3 atom stereocenters. The van der Waals surface area contributed by atoms with Crippen molar-refractivity contribution in [3.05, 3.63) is 84.4 Å². The topological polar surface area (TPSA) is 68.7 Å². The lowest BCUT2D eigenvalue weighted by Gasteiger charge is -2.57. The predicted molar refractivity (Wildman–Crippen MR) is 130 cm³/mol. The van der Waals surface area contributed by atoms with Gasteiger partial charge in [-0.2, -0.15) is 0 Å². The number of carbonyl (C=O) groups excluding carboxylic acids is 1. The van der Waals surface area contributed by atoms with Crippen molar-refractivity contribution < 1.29 is 14.3 Å². The van der Waals surface area contributed by atoms with Gasteiger partial charge in [0.05, 0.1) is 6.61 Å². The van der Waals surface area contributed by atoms with Crippen molar-refractivity contribution in [2.45, 2.75) is 30.8 Å². The van der Waals surface area contributed by atoms with E-state index in [4.69, 9.17) is 0 Å². The third-order valence-electron chi connectivity index (χ3n) is 7.06. The van der Waals surface area contributed by atoms with Crippen LogP contribution in [0.2, 0.25) is 0 Å². The van der Waals surface area contributed by atoms with E-state index in [1.54, 1.807) is 24.5 Å². The summed E-state index contributed by atoms with van der Waals surface area (Å²) in [5.41, 5.74) is 4.00. The third-order valence-corrected chi connectivity index (χ3v) is 7.06. The Kier molecular flexibility index (Phi) is 6.56. The zero-order valence-electron chi connectivity index (χ0n) is 19.0. The standard InChI is InChI=1S/C27H29FN4O2/c28-22-7-9-23(10-8-22)30-27(34)31-15-1-2-16-32-24(17-31)26(25(32)18-33)21-5-3-19(4-6-21)20-11-13-29-14-12-20/h3-14,24-26,33H,1-2,15-18H2,(H,30,34)/t24-,25+,26+/m0/s1. The number of pyridine rings is 1. The Morgan fingerprint density at radius 1 is 0.971 bits per heavy atom. The van der Waals surface area contributed by atoms with Gasteiger partial charge >= 0.3 is 6.03 Å². The lowest BCUT2D eigenvalue weighted by molar-refractivity contribution is -0.0585. The molecule has 176 valence electrons. The first-order chi connectivity index (χ1) is 16.6. The number of aliphatic hydroxyl groups excluding tert-OH is 1. The maximum atomic E-state index is 13.2. The zero-order chi connectivity index (χ0) is 23.5. The van der Waals surface area contributed by atoms with Crippen LogP contribution in [0.15, 0.2) is 73.1 Å². The predicted octanol–water partition coefficient (Wildman–Crippen LogP) is 4.34. The number of carbonyl (C=O) groups is 1. The van der Waals surface area contributed by atoms with Crippen LogP contribution in [0.4, 0.5) is 14.9 Å². The van der Waals surface area contributed by atoms with Crippen LogP contribution in [0.25, 0.3) is 11.1 Å². The van der Waals surface area contributed by atoms with Crippen molar-refractivity contribution >= 4 is 11.7 Å². The Labute approximate surface area is 199 Å². The summed E-state index contributed by atoms with van der Waals surface area (Å²) in [7, 11) is 0. The van der Waals surface area contributed by atoms with Gasteiger partial charge < -0.3 is 15.3 Å². The van der Waals surface area contributed by atoms with Crippen LogP contribution in [0.3, 0.4) is 0 Å². The Balaban J connectivity index is 1.34. The number of rotatable bonds is 4. The number of nitrogens with one attached hydrogen (secondary N) is 1. The van der Waals surface area contributed by atoms with Gasteiger partial charge in [-0.25, -0.2) is 9.18 Å². The van der Waals surface area contributed by atoms with E-state index in [0.717, 1.165) is 30.5 Å². The van der Waals surface area contributed by atoms with Gasteiger partial charge in [-0.15, -0.1) is 0 Å². The zero-order valence-corrected chi connectivity index (χ0v) is 19.0. The first-order valence-electron chi connectivity index (χ1n) is 11.8. The summed E-state index contributed by atoms with van der Waals surface area (Å²) >= 11 is 0. The molecule has 7 heteroatoms. The molecule has 0 unspecified atom stereocenters. The molecule has 1 aromatic heterocycles. The van der Waals surface area contributed by atoms with Crippen LogP contribution in [-0.2, 0) is 0 Å². The average Bonchev–Trinajstić information content (AvgIpc) is 2.85. The van der Waals surface area contributed by atoms with Crippen LogP contribution in [0, 0.1) is 5.82 Å². The van der Waals surface area contributed by atoms with Crippen LogP contribution in [-0.4, -0.2) is 64.2 Å². The molecule has 0 bridgehead atoms. The molecule has 2 amide bonds. The van der Waals surface area contributed by atoms with Crippen molar-refractivity contribution in [2.75, 3.05) is 31.6 Å². The molecule has 2 saturated heterocycles. The number of hydrogen-bond acceptors (Lipinski definition) is 4. The quantitative estimate of drug-likeness (QED) is 0.608. The van der Waals surface area contributed by atoms with E-state index in [9.17, 15) is 14.3 Å². The first-order valence-corrected chi connectivity index (χ1v) is 11.8. The number of halogens is 1. The van der Waals surface area contributed by atoms with E-state index < -0.39 is 0 Å². The second kappa shape index (κ2) is 9.91.